The number of benzene rings is 1. The molecular formula is C9H8BrN3O6. The summed E-state index contributed by atoms with van der Waals surface area (Å²) in [4.78, 5) is 35.7. The normalized spacial score (nSPS) is 9.74. The molecule has 0 saturated carbocycles. The van der Waals surface area contributed by atoms with Gasteiger partial charge in [-0.25, -0.2) is 15.1 Å². The molecule has 3 N–H and O–H groups in total. The number of aliphatic carboxylic acids is 1. The summed E-state index contributed by atoms with van der Waals surface area (Å²) in [6.07, 6.45) is 0. The van der Waals surface area contributed by atoms with Crippen molar-refractivity contribution in [1.82, 2.24) is 5.48 Å². The molecule has 9 nitrogen and oxygen atoms in total. The molecule has 0 atom stereocenters. The van der Waals surface area contributed by atoms with E-state index in [0.29, 0.717) is 0 Å². The number of nitrogens with zero attached hydrogens (tertiary/aromatic N) is 1. The third-order valence-corrected chi connectivity index (χ3v) is 2.43. The minimum Gasteiger partial charge on any atom is -0.479 e. The van der Waals surface area contributed by atoms with Crippen molar-refractivity contribution in [2.45, 2.75) is 0 Å². The van der Waals surface area contributed by atoms with Crippen LogP contribution < -0.4 is 10.8 Å². The zero-order chi connectivity index (χ0) is 14.4. The maximum absolute atomic E-state index is 11.2. The Kier molecular flexibility index (Phi) is 5.21. The SMILES string of the molecule is O=C(O)CONC(=O)Nc1ccc(Br)c([N+](=O)[O-])c1. The zero-order valence-corrected chi connectivity index (χ0v) is 10.8. The number of carboxylic acid groups (broad SMARTS) is 1. The number of hydrogen-bond acceptors (Lipinski definition) is 5. The molecule has 0 heterocycles. The number of rotatable bonds is 5. The van der Waals surface area contributed by atoms with Crippen LogP contribution in [0.15, 0.2) is 22.7 Å². The van der Waals surface area contributed by atoms with E-state index in [0.717, 1.165) is 6.07 Å². The third kappa shape index (κ3) is 4.89. The molecule has 10 heteroatoms. The van der Waals surface area contributed by atoms with Crippen LogP contribution in [0.25, 0.3) is 0 Å². The second-order valence-corrected chi connectivity index (χ2v) is 4.02. The molecule has 1 aromatic carbocycles. The Morgan fingerprint density at radius 3 is 2.74 bits per heavy atom. The van der Waals surface area contributed by atoms with Gasteiger partial charge in [-0.3, -0.25) is 15.0 Å². The number of anilines is 1. The minimum atomic E-state index is -1.25. The number of hydrogen-bond donors (Lipinski definition) is 3. The smallest absolute Gasteiger partial charge is 0.343 e. The highest BCUT2D eigenvalue weighted by molar-refractivity contribution is 9.10. The highest BCUT2D eigenvalue weighted by Crippen LogP contribution is 2.27. The van der Waals surface area contributed by atoms with Crippen LogP contribution in [0.2, 0.25) is 0 Å². The van der Waals surface area contributed by atoms with Gasteiger partial charge in [0.25, 0.3) is 5.69 Å². The van der Waals surface area contributed by atoms with E-state index < -0.39 is 23.5 Å². The van der Waals surface area contributed by atoms with Gasteiger partial charge in [-0.15, -0.1) is 0 Å². The van der Waals surface area contributed by atoms with Gasteiger partial charge < -0.3 is 10.4 Å². The van der Waals surface area contributed by atoms with Gasteiger partial charge in [0.15, 0.2) is 6.61 Å². The summed E-state index contributed by atoms with van der Waals surface area (Å²) in [5, 5.41) is 21.2. The third-order valence-electron chi connectivity index (χ3n) is 1.76. The fraction of sp³-hybridized carbons (Fsp3) is 0.111. The lowest BCUT2D eigenvalue weighted by molar-refractivity contribution is -0.385. The van der Waals surface area contributed by atoms with Crippen LogP contribution in [-0.4, -0.2) is 28.6 Å². The number of carbonyl (C=O) groups is 2. The molecule has 1 aromatic rings. The first-order valence-corrected chi connectivity index (χ1v) is 5.54. The van der Waals surface area contributed by atoms with Gasteiger partial charge in [0, 0.05) is 11.8 Å². The largest absolute Gasteiger partial charge is 0.479 e. The molecule has 0 spiro atoms. The van der Waals surface area contributed by atoms with E-state index in [1.54, 1.807) is 0 Å². The van der Waals surface area contributed by atoms with Crippen LogP contribution in [0.3, 0.4) is 0 Å². The molecule has 0 aliphatic carbocycles. The number of nitrogens with one attached hydrogen (secondary N) is 2. The summed E-state index contributed by atoms with van der Waals surface area (Å²) in [7, 11) is 0. The summed E-state index contributed by atoms with van der Waals surface area (Å²) in [5.41, 5.74) is 1.75. The van der Waals surface area contributed by atoms with Gasteiger partial charge >= 0.3 is 12.0 Å². The number of urea groups is 1. The molecule has 0 aromatic heterocycles. The quantitative estimate of drug-likeness (QED) is 0.552. The number of nitro groups is 1. The summed E-state index contributed by atoms with van der Waals surface area (Å²) in [5.74, 6) is -1.25. The lowest BCUT2D eigenvalue weighted by Gasteiger charge is -2.06. The van der Waals surface area contributed by atoms with E-state index in [-0.39, 0.29) is 15.8 Å². The number of nitro benzene ring substituents is 1. The summed E-state index contributed by atoms with van der Waals surface area (Å²) >= 11 is 3.00. The summed E-state index contributed by atoms with van der Waals surface area (Å²) in [6.45, 7) is -0.700. The molecule has 0 saturated heterocycles. The first kappa shape index (κ1) is 14.9. The first-order valence-electron chi connectivity index (χ1n) is 4.74. The maximum atomic E-state index is 11.2. The van der Waals surface area contributed by atoms with Crippen molar-refractivity contribution < 1.29 is 24.5 Å². The fourth-order valence-corrected chi connectivity index (χ4v) is 1.44. The van der Waals surface area contributed by atoms with Crippen LogP contribution in [0, 0.1) is 10.1 Å². The molecule has 1 rings (SSSR count). The van der Waals surface area contributed by atoms with Crippen molar-refractivity contribution in [3.8, 4) is 0 Å². The van der Waals surface area contributed by atoms with Crippen LogP contribution in [0.1, 0.15) is 0 Å². The minimum absolute atomic E-state index is 0.159. The van der Waals surface area contributed by atoms with E-state index in [1.807, 2.05) is 5.48 Å². The van der Waals surface area contributed by atoms with Crippen molar-refractivity contribution in [3.63, 3.8) is 0 Å². The standard InChI is InChI=1S/C9H8BrN3O6/c10-6-2-1-5(3-7(6)13(17)18)11-9(16)12-19-4-8(14)15/h1-3H,4H2,(H,14,15)(H2,11,12,16). The molecule has 0 unspecified atom stereocenters. The number of hydroxylamine groups is 1. The predicted molar refractivity (Wildman–Crippen MR) is 66.5 cm³/mol. The van der Waals surface area contributed by atoms with Crippen molar-refractivity contribution >= 4 is 39.3 Å². The Hall–Kier alpha value is -2.20. The second kappa shape index (κ2) is 6.66. The van der Waals surface area contributed by atoms with Crippen LogP contribution in [0.5, 0.6) is 0 Å². The zero-order valence-electron chi connectivity index (χ0n) is 9.25. The van der Waals surface area contributed by atoms with Gasteiger partial charge in [-0.2, -0.15) is 0 Å². The number of halogens is 1. The van der Waals surface area contributed by atoms with Crippen LogP contribution in [-0.2, 0) is 9.63 Å². The van der Waals surface area contributed by atoms with Gasteiger partial charge in [0.1, 0.15) is 0 Å². The lowest BCUT2D eigenvalue weighted by Crippen LogP contribution is -2.30. The molecule has 19 heavy (non-hydrogen) atoms. The van der Waals surface area contributed by atoms with Crippen LogP contribution >= 0.6 is 15.9 Å². The van der Waals surface area contributed by atoms with E-state index in [1.165, 1.54) is 12.1 Å². The van der Waals surface area contributed by atoms with Crippen molar-refractivity contribution in [2.24, 2.45) is 0 Å². The van der Waals surface area contributed by atoms with Crippen molar-refractivity contribution in [1.29, 1.82) is 0 Å². The first-order chi connectivity index (χ1) is 8.90. The van der Waals surface area contributed by atoms with Gasteiger partial charge in [-0.05, 0) is 28.1 Å². The molecule has 102 valence electrons. The molecular weight excluding hydrogens is 326 g/mol. The summed E-state index contributed by atoms with van der Waals surface area (Å²) < 4.78 is 0.269. The van der Waals surface area contributed by atoms with Crippen molar-refractivity contribution in [2.75, 3.05) is 11.9 Å². The molecule has 0 aliphatic rings. The number of amides is 2. The van der Waals surface area contributed by atoms with Gasteiger partial charge in [-0.1, -0.05) is 0 Å². The van der Waals surface area contributed by atoms with Crippen LogP contribution in [0.4, 0.5) is 16.2 Å². The Balaban J connectivity index is 2.62. The van der Waals surface area contributed by atoms with E-state index >= 15 is 0 Å². The Bertz CT molecular complexity index is 521. The fourth-order valence-electron chi connectivity index (χ4n) is 1.05. The maximum Gasteiger partial charge on any atom is 0.343 e. The molecule has 0 fully saturated rings. The van der Waals surface area contributed by atoms with Gasteiger partial charge in [0.05, 0.1) is 9.40 Å². The van der Waals surface area contributed by atoms with E-state index in [2.05, 4.69) is 26.1 Å². The van der Waals surface area contributed by atoms with Crippen molar-refractivity contribution in [3.05, 3.63) is 32.8 Å². The topological polar surface area (TPSA) is 131 Å². The molecule has 0 bridgehead atoms. The van der Waals surface area contributed by atoms with E-state index in [9.17, 15) is 19.7 Å². The highest BCUT2D eigenvalue weighted by atomic mass is 79.9. The van der Waals surface area contributed by atoms with Gasteiger partial charge in [0.2, 0.25) is 0 Å². The lowest BCUT2D eigenvalue weighted by atomic mass is 10.3. The monoisotopic (exact) mass is 333 g/mol. The number of carboxylic acids is 1. The highest BCUT2D eigenvalue weighted by Gasteiger charge is 2.13. The summed E-state index contributed by atoms with van der Waals surface area (Å²) in [6, 6.07) is 3.11. The molecule has 0 aliphatic heterocycles. The molecule has 0 radical (unpaired) electrons. The number of carbonyl (C=O) groups excluding carboxylic acids is 1. The second-order valence-electron chi connectivity index (χ2n) is 3.16. The Labute approximate surface area is 114 Å². The average molecular weight is 334 g/mol. The predicted octanol–water partition coefficient (Wildman–Crippen LogP) is 1.49. The molecule has 2 amide bonds. The average Bonchev–Trinajstić information content (AvgIpc) is 2.30. The Morgan fingerprint density at radius 1 is 1.47 bits per heavy atom. The van der Waals surface area contributed by atoms with E-state index in [4.69, 9.17) is 5.11 Å². The Morgan fingerprint density at radius 2 is 2.16 bits per heavy atom.